The SMILES string of the molecule is CCc1nc2c(=O)n(Cc3ccccn3)ccc2[nH]1. The largest absolute Gasteiger partial charge is 0.342 e. The van der Waals surface area contributed by atoms with Gasteiger partial charge in [0.15, 0.2) is 5.52 Å². The van der Waals surface area contributed by atoms with Crippen LogP contribution < -0.4 is 5.56 Å². The minimum Gasteiger partial charge on any atom is -0.342 e. The first-order valence-corrected chi connectivity index (χ1v) is 6.26. The number of H-pyrrole nitrogens is 1. The fourth-order valence-electron chi connectivity index (χ4n) is 2.05. The summed E-state index contributed by atoms with van der Waals surface area (Å²) in [6.07, 6.45) is 4.29. The molecule has 0 bridgehead atoms. The summed E-state index contributed by atoms with van der Waals surface area (Å²) in [6, 6.07) is 7.55. The summed E-state index contributed by atoms with van der Waals surface area (Å²) in [6.45, 7) is 2.47. The third-order valence-corrected chi connectivity index (χ3v) is 3.06. The highest BCUT2D eigenvalue weighted by atomic mass is 16.1. The average molecular weight is 254 g/mol. The summed E-state index contributed by atoms with van der Waals surface area (Å²) in [5.41, 5.74) is 2.06. The minimum absolute atomic E-state index is 0.0842. The second-order valence-electron chi connectivity index (χ2n) is 4.37. The molecule has 0 fully saturated rings. The van der Waals surface area contributed by atoms with Gasteiger partial charge in [0.2, 0.25) is 0 Å². The molecule has 5 nitrogen and oxygen atoms in total. The number of pyridine rings is 2. The molecule has 5 heteroatoms. The van der Waals surface area contributed by atoms with Crippen LogP contribution in [0.1, 0.15) is 18.4 Å². The van der Waals surface area contributed by atoms with Crippen molar-refractivity contribution in [3.8, 4) is 0 Å². The molecule has 1 N–H and O–H groups in total. The lowest BCUT2D eigenvalue weighted by Gasteiger charge is -2.04. The average Bonchev–Trinajstić information content (AvgIpc) is 2.87. The van der Waals surface area contributed by atoms with Gasteiger partial charge in [-0.2, -0.15) is 0 Å². The molecule has 0 aromatic carbocycles. The summed E-state index contributed by atoms with van der Waals surface area (Å²) >= 11 is 0. The van der Waals surface area contributed by atoms with Crippen LogP contribution in [0, 0.1) is 0 Å². The molecule has 0 saturated heterocycles. The molecule has 0 atom stereocenters. The highest BCUT2D eigenvalue weighted by Gasteiger charge is 2.08. The molecule has 0 aliphatic heterocycles. The molecule has 19 heavy (non-hydrogen) atoms. The van der Waals surface area contributed by atoms with Crippen LogP contribution in [0.4, 0.5) is 0 Å². The molecule has 0 aliphatic rings. The number of hydrogen-bond acceptors (Lipinski definition) is 3. The first-order valence-electron chi connectivity index (χ1n) is 6.26. The molecular formula is C14H14N4O. The molecule has 3 aromatic rings. The van der Waals surface area contributed by atoms with Gasteiger partial charge in [-0.25, -0.2) is 4.98 Å². The number of aromatic amines is 1. The minimum atomic E-state index is -0.0842. The second kappa shape index (κ2) is 4.68. The van der Waals surface area contributed by atoms with Gasteiger partial charge in [-0.15, -0.1) is 0 Å². The highest BCUT2D eigenvalue weighted by Crippen LogP contribution is 2.07. The van der Waals surface area contributed by atoms with E-state index in [9.17, 15) is 4.79 Å². The lowest BCUT2D eigenvalue weighted by molar-refractivity contribution is 0.745. The van der Waals surface area contributed by atoms with Crippen molar-refractivity contribution in [2.45, 2.75) is 19.9 Å². The monoisotopic (exact) mass is 254 g/mol. The summed E-state index contributed by atoms with van der Waals surface area (Å²) in [5, 5.41) is 0. The molecule has 96 valence electrons. The van der Waals surface area contributed by atoms with E-state index in [2.05, 4.69) is 15.0 Å². The Kier molecular flexibility index (Phi) is 2.87. The number of nitrogens with zero attached hydrogens (tertiary/aromatic N) is 3. The number of rotatable bonds is 3. The quantitative estimate of drug-likeness (QED) is 0.774. The van der Waals surface area contributed by atoms with Gasteiger partial charge in [-0.05, 0) is 18.2 Å². The maximum atomic E-state index is 12.3. The molecule has 0 unspecified atom stereocenters. The Hall–Kier alpha value is -2.43. The molecule has 3 rings (SSSR count). The van der Waals surface area contributed by atoms with E-state index in [1.165, 1.54) is 0 Å². The summed E-state index contributed by atoms with van der Waals surface area (Å²) in [4.78, 5) is 24.0. The molecular weight excluding hydrogens is 240 g/mol. The van der Waals surface area contributed by atoms with Crippen LogP contribution in [0.25, 0.3) is 11.0 Å². The topological polar surface area (TPSA) is 63.6 Å². The summed E-state index contributed by atoms with van der Waals surface area (Å²) < 4.78 is 1.63. The van der Waals surface area contributed by atoms with E-state index in [0.29, 0.717) is 12.1 Å². The van der Waals surface area contributed by atoms with Gasteiger partial charge >= 0.3 is 0 Å². The highest BCUT2D eigenvalue weighted by molar-refractivity contribution is 5.73. The maximum Gasteiger partial charge on any atom is 0.279 e. The lowest BCUT2D eigenvalue weighted by Crippen LogP contribution is -2.20. The third kappa shape index (κ3) is 2.14. The van der Waals surface area contributed by atoms with E-state index >= 15 is 0 Å². The van der Waals surface area contributed by atoms with Crippen LogP contribution in [0.2, 0.25) is 0 Å². The van der Waals surface area contributed by atoms with Crippen molar-refractivity contribution < 1.29 is 0 Å². The normalized spacial score (nSPS) is 11.0. The van der Waals surface area contributed by atoms with Gasteiger partial charge in [0, 0.05) is 18.8 Å². The zero-order valence-electron chi connectivity index (χ0n) is 10.6. The van der Waals surface area contributed by atoms with E-state index in [0.717, 1.165) is 23.5 Å². The van der Waals surface area contributed by atoms with Gasteiger partial charge in [-0.3, -0.25) is 9.78 Å². The van der Waals surface area contributed by atoms with Crippen LogP contribution in [0.5, 0.6) is 0 Å². The van der Waals surface area contributed by atoms with Crippen molar-refractivity contribution in [1.29, 1.82) is 0 Å². The van der Waals surface area contributed by atoms with Crippen LogP contribution >= 0.6 is 0 Å². The zero-order chi connectivity index (χ0) is 13.2. The van der Waals surface area contributed by atoms with Crippen molar-refractivity contribution in [3.63, 3.8) is 0 Å². The molecule has 0 spiro atoms. The number of fused-ring (bicyclic) bond motifs is 1. The number of hydrogen-bond donors (Lipinski definition) is 1. The summed E-state index contributed by atoms with van der Waals surface area (Å²) in [7, 11) is 0. The Labute approximate surface area is 110 Å². The number of imidazole rings is 1. The lowest BCUT2D eigenvalue weighted by atomic mass is 10.3. The first kappa shape index (κ1) is 11.6. The molecule has 3 aromatic heterocycles. The van der Waals surface area contributed by atoms with Crippen molar-refractivity contribution in [1.82, 2.24) is 19.5 Å². The standard InChI is InChI=1S/C14H14N4O/c1-2-12-16-11-6-8-18(14(19)13(11)17-12)9-10-5-3-4-7-15-10/h3-8H,2,9H2,1H3,(H,16,17). The Balaban J connectivity index is 2.05. The first-order chi connectivity index (χ1) is 9.28. The molecule has 0 saturated carbocycles. The molecule has 0 radical (unpaired) electrons. The maximum absolute atomic E-state index is 12.3. The predicted octanol–water partition coefficient (Wildman–Crippen LogP) is 1.73. The van der Waals surface area contributed by atoms with Crippen LogP contribution in [-0.4, -0.2) is 19.5 Å². The molecule has 0 amide bonds. The van der Waals surface area contributed by atoms with Crippen LogP contribution in [-0.2, 0) is 13.0 Å². The van der Waals surface area contributed by atoms with E-state index in [1.54, 1.807) is 17.0 Å². The fourth-order valence-corrected chi connectivity index (χ4v) is 2.05. The van der Waals surface area contributed by atoms with Crippen molar-refractivity contribution in [3.05, 3.63) is 58.5 Å². The Morgan fingerprint density at radius 3 is 2.95 bits per heavy atom. The fraction of sp³-hybridized carbons (Fsp3) is 0.214. The van der Waals surface area contributed by atoms with Gasteiger partial charge in [0.25, 0.3) is 5.56 Å². The third-order valence-electron chi connectivity index (χ3n) is 3.06. The second-order valence-corrected chi connectivity index (χ2v) is 4.37. The van der Waals surface area contributed by atoms with E-state index < -0.39 is 0 Å². The number of aromatic nitrogens is 4. The van der Waals surface area contributed by atoms with Crippen molar-refractivity contribution in [2.75, 3.05) is 0 Å². The number of aryl methyl sites for hydroxylation is 1. The number of nitrogens with one attached hydrogen (secondary N) is 1. The van der Waals surface area contributed by atoms with Crippen molar-refractivity contribution in [2.24, 2.45) is 0 Å². The van der Waals surface area contributed by atoms with E-state index in [4.69, 9.17) is 0 Å². The van der Waals surface area contributed by atoms with Crippen LogP contribution in [0.3, 0.4) is 0 Å². The predicted molar refractivity (Wildman–Crippen MR) is 73.1 cm³/mol. The Morgan fingerprint density at radius 1 is 1.32 bits per heavy atom. The smallest absolute Gasteiger partial charge is 0.279 e. The Morgan fingerprint density at radius 2 is 2.21 bits per heavy atom. The molecule has 0 aliphatic carbocycles. The van der Waals surface area contributed by atoms with E-state index in [1.807, 2.05) is 31.2 Å². The van der Waals surface area contributed by atoms with Crippen molar-refractivity contribution >= 4 is 11.0 Å². The Bertz CT molecular complexity index is 758. The summed E-state index contributed by atoms with van der Waals surface area (Å²) in [5.74, 6) is 0.836. The van der Waals surface area contributed by atoms with Gasteiger partial charge in [0.1, 0.15) is 5.82 Å². The molecule has 3 heterocycles. The van der Waals surface area contributed by atoms with Gasteiger partial charge in [-0.1, -0.05) is 13.0 Å². The van der Waals surface area contributed by atoms with Gasteiger partial charge in [0.05, 0.1) is 17.8 Å². The van der Waals surface area contributed by atoms with E-state index in [-0.39, 0.29) is 5.56 Å². The van der Waals surface area contributed by atoms with Gasteiger partial charge < -0.3 is 9.55 Å². The zero-order valence-corrected chi connectivity index (χ0v) is 10.6. The van der Waals surface area contributed by atoms with Crippen LogP contribution in [0.15, 0.2) is 41.5 Å².